The number of carboxylic acid groups (broad SMARTS) is 1. The van der Waals surface area contributed by atoms with Crippen LogP contribution in [0.1, 0.15) is 4.88 Å². The Bertz CT molecular complexity index is 1110. The third-order valence-electron chi connectivity index (χ3n) is 5.07. The zero-order chi connectivity index (χ0) is 23.6. The van der Waals surface area contributed by atoms with E-state index < -0.39 is 23.0 Å². The van der Waals surface area contributed by atoms with Crippen LogP contribution in [-0.4, -0.2) is 74.6 Å². The maximum atomic E-state index is 13.1. The van der Waals surface area contributed by atoms with Crippen LogP contribution in [0.5, 0.6) is 5.88 Å². The number of thiophene rings is 1. The summed E-state index contributed by atoms with van der Waals surface area (Å²) in [5, 5.41) is 14.3. The fraction of sp³-hybridized carbons (Fsp3) is 0.350. The quantitative estimate of drug-likeness (QED) is 0.292. The van der Waals surface area contributed by atoms with Crippen molar-refractivity contribution in [2.45, 2.75) is 22.5 Å². The summed E-state index contributed by atoms with van der Waals surface area (Å²) in [5.41, 5.74) is -1.12. The molecule has 2 aliphatic rings. The molecule has 0 aromatic carbocycles. The molecule has 4 heterocycles. The van der Waals surface area contributed by atoms with Gasteiger partial charge < -0.3 is 19.9 Å². The summed E-state index contributed by atoms with van der Waals surface area (Å²) in [6, 6.07) is 3.67. The summed E-state index contributed by atoms with van der Waals surface area (Å²) in [4.78, 5) is 48.2. The molecule has 2 aliphatic heterocycles. The molecule has 0 spiro atoms. The molecular weight excluding hydrogens is 488 g/mol. The number of aromatic nitrogens is 2. The number of hydrogen-bond acceptors (Lipinski definition) is 10. The van der Waals surface area contributed by atoms with Crippen LogP contribution in [0, 0.1) is 0 Å². The highest BCUT2D eigenvalue weighted by molar-refractivity contribution is 8.01. The number of rotatable bonds is 9. The van der Waals surface area contributed by atoms with E-state index in [1.165, 1.54) is 60.2 Å². The van der Waals surface area contributed by atoms with E-state index >= 15 is 0 Å². The van der Waals surface area contributed by atoms with E-state index in [0.29, 0.717) is 28.0 Å². The molecule has 174 valence electrons. The molecule has 1 saturated heterocycles. The Balaban J connectivity index is 1.52. The number of aliphatic carboxylic acids is 1. The Hall–Kier alpha value is -2.61. The number of amides is 2. The summed E-state index contributed by atoms with van der Waals surface area (Å²) in [6.07, 6.45) is 3.14. The highest BCUT2D eigenvalue weighted by atomic mass is 32.2. The number of carbonyl (C=O) groups excluding carboxylic acids is 2. The van der Waals surface area contributed by atoms with Gasteiger partial charge in [-0.05, 0) is 17.0 Å². The molecule has 0 aliphatic carbocycles. The van der Waals surface area contributed by atoms with Crippen LogP contribution < -0.4 is 10.1 Å². The molecule has 13 heteroatoms. The van der Waals surface area contributed by atoms with Gasteiger partial charge in [-0.2, -0.15) is 0 Å². The number of methoxy groups -OCH3 is 2. The lowest BCUT2D eigenvalue weighted by Crippen LogP contribution is -2.80. The van der Waals surface area contributed by atoms with E-state index in [1.807, 2.05) is 17.5 Å². The van der Waals surface area contributed by atoms with Gasteiger partial charge in [-0.15, -0.1) is 34.9 Å². The summed E-state index contributed by atoms with van der Waals surface area (Å²) < 4.78 is 10.5. The molecule has 33 heavy (non-hydrogen) atoms. The lowest BCUT2D eigenvalue weighted by Gasteiger charge is -2.55. The van der Waals surface area contributed by atoms with Gasteiger partial charge in [-0.1, -0.05) is 6.07 Å². The first-order valence-corrected chi connectivity index (χ1v) is 12.6. The molecule has 10 nitrogen and oxygen atoms in total. The number of carboxylic acids is 1. The predicted octanol–water partition coefficient (Wildman–Crippen LogP) is 1.59. The van der Waals surface area contributed by atoms with Crippen LogP contribution in [0.3, 0.4) is 0 Å². The van der Waals surface area contributed by atoms with E-state index in [9.17, 15) is 19.5 Å². The minimum Gasteiger partial charge on any atom is -0.480 e. The molecule has 0 saturated carbocycles. The number of thioether (sulfide) groups is 2. The number of ether oxygens (including phenoxy) is 2. The molecule has 0 bridgehead atoms. The van der Waals surface area contributed by atoms with Crippen molar-refractivity contribution < 1.29 is 29.0 Å². The molecule has 2 amide bonds. The average molecular weight is 509 g/mol. The first kappa shape index (κ1) is 23.5. The van der Waals surface area contributed by atoms with Crippen molar-refractivity contribution in [3.8, 4) is 5.88 Å². The Morgan fingerprint density at radius 3 is 2.88 bits per heavy atom. The normalized spacial score (nSPS) is 21.9. The maximum Gasteiger partial charge on any atom is 0.352 e. The largest absolute Gasteiger partial charge is 0.480 e. The van der Waals surface area contributed by atoms with Crippen LogP contribution in [0.2, 0.25) is 0 Å². The van der Waals surface area contributed by atoms with Gasteiger partial charge in [0, 0.05) is 23.5 Å². The number of fused-ring (bicyclic) bond motifs is 1. The van der Waals surface area contributed by atoms with Crippen LogP contribution in [0.4, 0.5) is 0 Å². The Morgan fingerprint density at radius 1 is 1.39 bits per heavy atom. The summed E-state index contributed by atoms with van der Waals surface area (Å²) in [5.74, 6) is -1.18. The molecule has 2 N–H and O–H groups in total. The Kier molecular flexibility index (Phi) is 6.93. The second kappa shape index (κ2) is 9.71. The third kappa shape index (κ3) is 4.45. The summed E-state index contributed by atoms with van der Waals surface area (Å²) >= 11 is 4.08. The highest BCUT2D eigenvalue weighted by Crippen LogP contribution is 2.47. The topological polar surface area (TPSA) is 131 Å². The van der Waals surface area contributed by atoms with E-state index in [4.69, 9.17) is 9.47 Å². The van der Waals surface area contributed by atoms with Crippen molar-refractivity contribution in [1.29, 1.82) is 0 Å². The molecular formula is C20H20N4O6S3. The second-order valence-corrected chi connectivity index (χ2v) is 10.1. The van der Waals surface area contributed by atoms with Gasteiger partial charge in [0.1, 0.15) is 16.1 Å². The zero-order valence-corrected chi connectivity index (χ0v) is 20.1. The van der Waals surface area contributed by atoms with Crippen molar-refractivity contribution >= 4 is 52.6 Å². The van der Waals surface area contributed by atoms with Gasteiger partial charge in [0.25, 0.3) is 11.6 Å². The molecule has 1 fully saturated rings. The number of nitrogens with zero attached hydrogens (tertiary/aromatic N) is 3. The number of β-lactam (4-membered cyclic amide) rings is 1. The summed E-state index contributed by atoms with van der Waals surface area (Å²) in [7, 11) is 2.82. The molecule has 2 aromatic heterocycles. The minimum atomic E-state index is -1.60. The second-order valence-electron chi connectivity index (χ2n) is 7.03. The van der Waals surface area contributed by atoms with E-state index in [-0.39, 0.29) is 18.0 Å². The van der Waals surface area contributed by atoms with E-state index in [1.54, 1.807) is 6.20 Å². The molecule has 2 aromatic rings. The van der Waals surface area contributed by atoms with Crippen molar-refractivity contribution in [2.24, 2.45) is 0 Å². The van der Waals surface area contributed by atoms with Gasteiger partial charge in [0.2, 0.25) is 11.8 Å². The monoisotopic (exact) mass is 508 g/mol. The number of hydrogen-bond donors (Lipinski definition) is 2. The summed E-state index contributed by atoms with van der Waals surface area (Å²) in [6.45, 7) is 0. The molecule has 0 unspecified atom stereocenters. The van der Waals surface area contributed by atoms with E-state index in [0.717, 1.165) is 4.88 Å². The maximum absolute atomic E-state index is 13.1. The molecule has 2 atom stereocenters. The van der Waals surface area contributed by atoms with Crippen molar-refractivity contribution in [3.63, 3.8) is 0 Å². The van der Waals surface area contributed by atoms with Crippen molar-refractivity contribution in [3.05, 3.63) is 46.1 Å². The predicted molar refractivity (Wildman–Crippen MR) is 123 cm³/mol. The van der Waals surface area contributed by atoms with Gasteiger partial charge in [0.05, 0.1) is 25.9 Å². The van der Waals surface area contributed by atoms with Gasteiger partial charge in [-0.25, -0.2) is 9.78 Å². The lowest BCUT2D eigenvalue weighted by atomic mass is 9.98. The SMILES string of the molecule is COc1cncc(SCC2=C(C(=O)O)N3C(=O)[C@](NC(=O)Cc4cccs4)(OC)[C@H]3SC2)n1. The Labute approximate surface area is 201 Å². The molecule has 0 radical (unpaired) electrons. The lowest BCUT2D eigenvalue weighted by molar-refractivity contribution is -0.192. The molecule has 4 rings (SSSR count). The van der Waals surface area contributed by atoms with E-state index in [2.05, 4.69) is 15.3 Å². The van der Waals surface area contributed by atoms with Crippen LogP contribution >= 0.6 is 34.9 Å². The Morgan fingerprint density at radius 2 is 2.21 bits per heavy atom. The van der Waals surface area contributed by atoms with Gasteiger partial charge in [-0.3, -0.25) is 19.5 Å². The first-order chi connectivity index (χ1) is 15.9. The van der Waals surface area contributed by atoms with Crippen LogP contribution in [0.25, 0.3) is 0 Å². The third-order valence-corrected chi connectivity index (χ3v) is 8.30. The van der Waals surface area contributed by atoms with Crippen molar-refractivity contribution in [2.75, 3.05) is 25.7 Å². The zero-order valence-electron chi connectivity index (χ0n) is 17.6. The van der Waals surface area contributed by atoms with Crippen molar-refractivity contribution in [1.82, 2.24) is 20.2 Å². The number of carbonyl (C=O) groups is 3. The number of nitrogens with one attached hydrogen (secondary N) is 1. The fourth-order valence-electron chi connectivity index (χ4n) is 3.54. The van der Waals surface area contributed by atoms with Gasteiger partial charge >= 0.3 is 5.97 Å². The average Bonchev–Trinajstić information content (AvgIpc) is 3.33. The minimum absolute atomic E-state index is 0.0905. The highest BCUT2D eigenvalue weighted by Gasteiger charge is 2.66. The standard InChI is InChI=1S/C20H20N4O6S3/c1-29-14-7-21-8-15(22-14)32-9-11-10-33-19-20(30-2,18(28)24(19)16(11)17(26)27)23-13(25)6-12-4-3-5-31-12/h3-5,7-8,19H,6,9-10H2,1-2H3,(H,23,25)(H,26,27)/t19-,20+/m1/s1. The van der Waals surface area contributed by atoms with Crippen LogP contribution in [0.15, 0.2) is 46.2 Å². The first-order valence-electron chi connectivity index (χ1n) is 9.67. The fourth-order valence-corrected chi connectivity index (χ4v) is 6.66. The van der Waals surface area contributed by atoms with Crippen LogP contribution in [-0.2, 0) is 25.5 Å². The van der Waals surface area contributed by atoms with Gasteiger partial charge in [0.15, 0.2) is 0 Å². The smallest absolute Gasteiger partial charge is 0.352 e.